The molecule has 7 nitrogen and oxygen atoms in total. The lowest BCUT2D eigenvalue weighted by atomic mass is 10.2. The second-order valence-electron chi connectivity index (χ2n) is 10.2. The van der Waals surface area contributed by atoms with E-state index < -0.39 is 20.3 Å². The standard InChI is InChI=1S/C24H32BrF3N6OSi/c1-36(2,3)12-11-35-16-34-14-18(25)22-19(7-8-30-23(22)34)31-13-17-5-4-6-21(32-17)33-10-9-29-20(15-33)24(26,27)28/h4-8,14,20,29H,9-13,15-16H2,1-3H3,(H,30,31). The van der Waals surface area contributed by atoms with Gasteiger partial charge in [-0.1, -0.05) is 25.7 Å². The van der Waals surface area contributed by atoms with Crippen LogP contribution in [0.15, 0.2) is 41.1 Å². The maximum absolute atomic E-state index is 13.2. The van der Waals surface area contributed by atoms with Gasteiger partial charge in [-0.15, -0.1) is 0 Å². The van der Waals surface area contributed by atoms with Gasteiger partial charge in [-0.25, -0.2) is 9.97 Å². The summed E-state index contributed by atoms with van der Waals surface area (Å²) in [5, 5.41) is 6.90. The summed E-state index contributed by atoms with van der Waals surface area (Å²) in [5.74, 6) is 0.549. The highest BCUT2D eigenvalue weighted by atomic mass is 79.9. The zero-order chi connectivity index (χ0) is 25.9. The van der Waals surface area contributed by atoms with E-state index in [0.29, 0.717) is 25.6 Å². The molecule has 0 radical (unpaired) electrons. The van der Waals surface area contributed by atoms with Gasteiger partial charge < -0.3 is 24.8 Å². The predicted molar refractivity (Wildman–Crippen MR) is 143 cm³/mol. The molecule has 1 unspecified atom stereocenters. The number of nitrogens with zero attached hydrogens (tertiary/aromatic N) is 4. The maximum Gasteiger partial charge on any atom is 0.405 e. The predicted octanol–water partition coefficient (Wildman–Crippen LogP) is 5.46. The summed E-state index contributed by atoms with van der Waals surface area (Å²) in [6.07, 6.45) is -0.567. The molecule has 0 saturated carbocycles. The second-order valence-corrected chi connectivity index (χ2v) is 16.7. The number of alkyl halides is 3. The molecule has 36 heavy (non-hydrogen) atoms. The fraction of sp³-hybridized carbons (Fsp3) is 0.500. The van der Waals surface area contributed by atoms with Gasteiger partial charge in [-0.3, -0.25) is 0 Å². The van der Waals surface area contributed by atoms with Gasteiger partial charge in [0.05, 0.1) is 17.6 Å². The van der Waals surface area contributed by atoms with Crippen LogP contribution in [0.3, 0.4) is 0 Å². The van der Waals surface area contributed by atoms with Crippen molar-refractivity contribution in [3.05, 3.63) is 46.8 Å². The Morgan fingerprint density at radius 3 is 2.81 bits per heavy atom. The number of hydrogen-bond acceptors (Lipinski definition) is 6. The topological polar surface area (TPSA) is 67.2 Å². The van der Waals surface area contributed by atoms with E-state index in [4.69, 9.17) is 4.74 Å². The second kappa shape index (κ2) is 11.1. The molecule has 0 amide bonds. The van der Waals surface area contributed by atoms with Crippen LogP contribution in [0.1, 0.15) is 5.69 Å². The molecular formula is C24H32BrF3N6OSi. The van der Waals surface area contributed by atoms with Crippen LogP contribution in [0.5, 0.6) is 0 Å². The number of aromatic nitrogens is 3. The average molecular weight is 586 g/mol. The summed E-state index contributed by atoms with van der Waals surface area (Å²) in [6, 6.07) is 6.90. The minimum Gasteiger partial charge on any atom is -0.379 e. The number of piperazine rings is 1. The van der Waals surface area contributed by atoms with Gasteiger partial charge in [0.1, 0.15) is 24.2 Å². The normalized spacial score (nSPS) is 17.1. The van der Waals surface area contributed by atoms with Crippen molar-refractivity contribution >= 4 is 46.5 Å². The van der Waals surface area contributed by atoms with Crippen LogP contribution in [0.2, 0.25) is 25.7 Å². The van der Waals surface area contributed by atoms with Crippen molar-refractivity contribution in [2.75, 3.05) is 36.5 Å². The van der Waals surface area contributed by atoms with Crippen LogP contribution in [-0.2, 0) is 18.0 Å². The molecular weight excluding hydrogens is 553 g/mol. The Morgan fingerprint density at radius 1 is 1.25 bits per heavy atom. The van der Waals surface area contributed by atoms with Crippen LogP contribution in [0, 0.1) is 0 Å². The molecule has 0 spiro atoms. The molecule has 1 fully saturated rings. The van der Waals surface area contributed by atoms with E-state index in [9.17, 15) is 13.2 Å². The van der Waals surface area contributed by atoms with Crippen molar-refractivity contribution in [3.8, 4) is 0 Å². The van der Waals surface area contributed by atoms with Crippen molar-refractivity contribution in [2.24, 2.45) is 0 Å². The zero-order valence-electron chi connectivity index (χ0n) is 20.7. The minimum atomic E-state index is -4.28. The fourth-order valence-corrected chi connectivity index (χ4v) is 5.45. The molecule has 3 aromatic heterocycles. The van der Waals surface area contributed by atoms with E-state index in [0.717, 1.165) is 39.5 Å². The quantitative estimate of drug-likeness (QED) is 0.257. The molecule has 196 valence electrons. The van der Waals surface area contributed by atoms with E-state index in [1.165, 1.54) is 0 Å². The van der Waals surface area contributed by atoms with E-state index >= 15 is 0 Å². The minimum absolute atomic E-state index is 0.154. The van der Waals surface area contributed by atoms with Gasteiger partial charge in [0.25, 0.3) is 0 Å². The lowest BCUT2D eigenvalue weighted by molar-refractivity contribution is -0.155. The lowest BCUT2D eigenvalue weighted by Crippen LogP contribution is -2.57. The summed E-state index contributed by atoms with van der Waals surface area (Å²) in [4.78, 5) is 10.9. The van der Waals surface area contributed by atoms with Gasteiger partial charge in [-0.05, 0) is 40.2 Å². The van der Waals surface area contributed by atoms with E-state index in [-0.39, 0.29) is 13.1 Å². The molecule has 1 atom stereocenters. The number of halogens is 4. The first-order chi connectivity index (χ1) is 17.0. The number of fused-ring (bicyclic) bond motifs is 1. The van der Waals surface area contributed by atoms with Crippen molar-refractivity contribution in [1.82, 2.24) is 19.9 Å². The average Bonchev–Trinajstić information content (AvgIpc) is 3.16. The number of pyridine rings is 2. The molecule has 0 bridgehead atoms. The highest BCUT2D eigenvalue weighted by Crippen LogP contribution is 2.32. The first-order valence-corrected chi connectivity index (χ1v) is 16.5. The number of ether oxygens (including phenoxy) is 1. The van der Waals surface area contributed by atoms with E-state index in [2.05, 4.69) is 56.2 Å². The maximum atomic E-state index is 13.2. The summed E-state index contributed by atoms with van der Waals surface area (Å²) in [7, 11) is -1.15. The lowest BCUT2D eigenvalue weighted by Gasteiger charge is -2.35. The molecule has 3 aromatic rings. The van der Waals surface area contributed by atoms with Gasteiger partial charge in [0.15, 0.2) is 0 Å². The Kier molecular flexibility index (Phi) is 8.27. The molecule has 4 heterocycles. The zero-order valence-corrected chi connectivity index (χ0v) is 23.3. The Morgan fingerprint density at radius 2 is 2.06 bits per heavy atom. The highest BCUT2D eigenvalue weighted by Gasteiger charge is 2.42. The third-order valence-electron chi connectivity index (χ3n) is 6.08. The van der Waals surface area contributed by atoms with Crippen LogP contribution in [0.25, 0.3) is 11.0 Å². The van der Waals surface area contributed by atoms with Gasteiger partial charge in [0.2, 0.25) is 0 Å². The van der Waals surface area contributed by atoms with Crippen molar-refractivity contribution in [3.63, 3.8) is 0 Å². The smallest absolute Gasteiger partial charge is 0.379 e. The molecule has 0 aromatic carbocycles. The summed E-state index contributed by atoms with van der Waals surface area (Å²) in [5.41, 5.74) is 2.43. The number of hydrogen-bond donors (Lipinski definition) is 2. The summed E-state index contributed by atoms with van der Waals surface area (Å²) in [6.45, 7) is 9.13. The summed E-state index contributed by atoms with van der Waals surface area (Å²) < 4.78 is 48.3. The molecule has 2 N–H and O–H groups in total. The Balaban J connectivity index is 1.43. The fourth-order valence-electron chi connectivity index (χ4n) is 4.06. The van der Waals surface area contributed by atoms with Crippen LogP contribution in [0.4, 0.5) is 24.7 Å². The first kappa shape index (κ1) is 26.9. The molecule has 12 heteroatoms. The van der Waals surface area contributed by atoms with Gasteiger partial charge in [-0.2, -0.15) is 13.2 Å². The monoisotopic (exact) mass is 584 g/mol. The molecule has 1 aliphatic rings. The van der Waals surface area contributed by atoms with E-state index in [1.807, 2.05) is 29.0 Å². The highest BCUT2D eigenvalue weighted by molar-refractivity contribution is 9.10. The number of anilines is 2. The Bertz CT molecular complexity index is 1180. The number of rotatable bonds is 9. The van der Waals surface area contributed by atoms with Crippen molar-refractivity contribution in [2.45, 2.75) is 51.2 Å². The first-order valence-electron chi connectivity index (χ1n) is 12.0. The number of nitrogens with one attached hydrogen (secondary N) is 2. The van der Waals surface area contributed by atoms with Crippen LogP contribution < -0.4 is 15.5 Å². The van der Waals surface area contributed by atoms with E-state index in [1.54, 1.807) is 17.2 Å². The molecule has 1 aliphatic heterocycles. The molecule has 0 aliphatic carbocycles. The Hall–Kier alpha value is -2.15. The Labute approximate surface area is 218 Å². The largest absolute Gasteiger partial charge is 0.405 e. The molecule has 4 rings (SSSR count). The van der Waals surface area contributed by atoms with Gasteiger partial charge in [0, 0.05) is 56.9 Å². The third kappa shape index (κ3) is 6.78. The SMILES string of the molecule is C[Si](C)(C)CCOCn1cc(Br)c2c(NCc3cccc(N4CCNC(C(F)(F)F)C4)n3)ccnc21. The van der Waals surface area contributed by atoms with Crippen molar-refractivity contribution < 1.29 is 17.9 Å². The van der Waals surface area contributed by atoms with Gasteiger partial charge >= 0.3 is 6.18 Å². The third-order valence-corrected chi connectivity index (χ3v) is 8.39. The van der Waals surface area contributed by atoms with Crippen molar-refractivity contribution in [1.29, 1.82) is 0 Å². The summed E-state index contributed by atoms with van der Waals surface area (Å²) >= 11 is 3.65. The van der Waals surface area contributed by atoms with Crippen LogP contribution in [-0.4, -0.2) is 61.1 Å². The molecule has 1 saturated heterocycles. The van der Waals surface area contributed by atoms with Crippen LogP contribution >= 0.6 is 15.9 Å².